The molecule has 0 radical (unpaired) electrons. The number of alkyl halides is 6. The van der Waals surface area contributed by atoms with E-state index in [0.717, 1.165) is 31.4 Å². The molecule has 0 bridgehead atoms. The molecule has 0 fully saturated rings. The Morgan fingerprint density at radius 1 is 0.968 bits per heavy atom. The molecule has 168 valence electrons. The summed E-state index contributed by atoms with van der Waals surface area (Å²) in [5.74, 6) is -2.81. The maximum atomic E-state index is 13.3. The molecule has 0 aromatic heterocycles. The van der Waals surface area contributed by atoms with Crippen molar-refractivity contribution in [1.29, 1.82) is 0 Å². The van der Waals surface area contributed by atoms with Crippen LogP contribution >= 0.6 is 0 Å². The van der Waals surface area contributed by atoms with Crippen LogP contribution in [0.5, 0.6) is 5.75 Å². The summed E-state index contributed by atoms with van der Waals surface area (Å²) in [7, 11) is 1.96. The van der Waals surface area contributed by atoms with Crippen LogP contribution in [0.3, 0.4) is 0 Å². The van der Waals surface area contributed by atoms with Gasteiger partial charge in [-0.25, -0.2) is 9.59 Å². The van der Waals surface area contributed by atoms with Crippen LogP contribution in [0.15, 0.2) is 53.9 Å². The Kier molecular flexibility index (Phi) is 7.03. The predicted octanol–water partition coefficient (Wildman–Crippen LogP) is 4.14. The van der Waals surface area contributed by atoms with Crippen molar-refractivity contribution in [1.82, 2.24) is 0 Å². The lowest BCUT2D eigenvalue weighted by Gasteiger charge is -2.26. The second kappa shape index (κ2) is 9.14. The van der Waals surface area contributed by atoms with Gasteiger partial charge in [-0.2, -0.15) is 26.3 Å². The van der Waals surface area contributed by atoms with Crippen LogP contribution in [0.2, 0.25) is 0 Å². The fraction of sp³-hybridized carbons (Fsp3) is 0.263. The molecule has 6 nitrogen and oxygen atoms in total. The van der Waals surface area contributed by atoms with E-state index >= 15 is 0 Å². The number of hydrogen-bond acceptors (Lipinski definition) is 6. The van der Waals surface area contributed by atoms with Gasteiger partial charge in [-0.05, 0) is 30.4 Å². The van der Waals surface area contributed by atoms with Gasteiger partial charge in [-0.15, -0.1) is 0 Å². The van der Waals surface area contributed by atoms with Crippen LogP contribution in [0, 0.1) is 0 Å². The van der Waals surface area contributed by atoms with Gasteiger partial charge in [0.25, 0.3) is 0 Å². The minimum Gasteiger partial charge on any atom is -0.482 e. The molecule has 1 aromatic rings. The van der Waals surface area contributed by atoms with Gasteiger partial charge in [0.05, 0.1) is 31.0 Å². The Labute approximate surface area is 172 Å². The molecule has 0 spiro atoms. The van der Waals surface area contributed by atoms with Crippen LogP contribution in [0.4, 0.5) is 32.0 Å². The molecule has 0 amide bonds. The van der Waals surface area contributed by atoms with E-state index in [0.29, 0.717) is 18.2 Å². The third kappa shape index (κ3) is 5.80. The molecule has 0 N–H and O–H groups in total. The lowest BCUT2D eigenvalue weighted by atomic mass is 10.1. The molecular formula is C19H15F6NO5. The number of rotatable bonds is 5. The van der Waals surface area contributed by atoms with E-state index in [9.17, 15) is 35.9 Å². The van der Waals surface area contributed by atoms with Crippen molar-refractivity contribution in [2.24, 2.45) is 0 Å². The molecule has 31 heavy (non-hydrogen) atoms. The van der Waals surface area contributed by atoms with E-state index in [1.54, 1.807) is 0 Å². The maximum Gasteiger partial charge on any atom is 0.422 e. The van der Waals surface area contributed by atoms with E-state index in [4.69, 9.17) is 0 Å². The number of hydrogen-bond donors (Lipinski definition) is 0. The first kappa shape index (κ1) is 23.8. The molecule has 12 heteroatoms. The fourth-order valence-corrected chi connectivity index (χ4v) is 2.51. The van der Waals surface area contributed by atoms with Gasteiger partial charge < -0.3 is 19.1 Å². The summed E-state index contributed by atoms with van der Waals surface area (Å²) in [6, 6.07) is 1.69. The lowest BCUT2D eigenvalue weighted by molar-refractivity contribution is -0.153. The van der Waals surface area contributed by atoms with Crippen molar-refractivity contribution in [3.05, 3.63) is 59.5 Å². The number of ether oxygens (including phenoxy) is 3. The van der Waals surface area contributed by atoms with Crippen molar-refractivity contribution in [3.63, 3.8) is 0 Å². The molecule has 0 saturated carbocycles. The number of esters is 2. The maximum absolute atomic E-state index is 13.3. The Balaban J connectivity index is 2.75. The van der Waals surface area contributed by atoms with Gasteiger partial charge in [0.15, 0.2) is 6.61 Å². The van der Waals surface area contributed by atoms with Crippen LogP contribution in [-0.4, -0.2) is 38.9 Å². The summed E-state index contributed by atoms with van der Waals surface area (Å²) < 4.78 is 91.5. The molecule has 2 rings (SSSR count). The molecule has 1 aliphatic heterocycles. The quantitative estimate of drug-likeness (QED) is 0.496. The molecule has 1 heterocycles. The summed E-state index contributed by atoms with van der Waals surface area (Å²) in [6.07, 6.45) is -4.92. The molecular weight excluding hydrogens is 436 g/mol. The number of nitrogens with zero attached hydrogens (tertiary/aromatic N) is 1. The number of anilines is 1. The second-order valence-electron chi connectivity index (χ2n) is 5.90. The molecule has 0 atom stereocenters. The summed E-state index contributed by atoms with van der Waals surface area (Å²) in [5.41, 5.74) is -2.80. The van der Waals surface area contributed by atoms with E-state index in [2.05, 4.69) is 14.2 Å². The van der Waals surface area contributed by atoms with Gasteiger partial charge in [0, 0.05) is 6.20 Å². The standard InChI is InChI=1S/C19H15F6NO5/c1-29-16(27)12-5-3-4-8-26(15(12)17(28)30-2)13-9-11(19(23,24)25)6-7-14(13)31-10-18(20,21)22/h3-9H,10H2,1-2H3. The third-order valence-corrected chi connectivity index (χ3v) is 3.83. The van der Waals surface area contributed by atoms with Gasteiger partial charge in [0.2, 0.25) is 0 Å². The first-order valence-electron chi connectivity index (χ1n) is 8.35. The van der Waals surface area contributed by atoms with E-state index < -0.39 is 59.2 Å². The van der Waals surface area contributed by atoms with Crippen molar-refractivity contribution < 1.29 is 50.1 Å². The van der Waals surface area contributed by atoms with E-state index in [1.807, 2.05) is 0 Å². The van der Waals surface area contributed by atoms with Gasteiger partial charge in [-0.1, -0.05) is 6.08 Å². The van der Waals surface area contributed by atoms with Crippen LogP contribution in [0.25, 0.3) is 0 Å². The number of carbonyl (C=O) groups excluding carboxylic acids is 2. The largest absolute Gasteiger partial charge is 0.482 e. The van der Waals surface area contributed by atoms with Gasteiger partial charge in [0.1, 0.15) is 11.4 Å². The average molecular weight is 451 g/mol. The third-order valence-electron chi connectivity index (χ3n) is 3.83. The normalized spacial score (nSPS) is 14.4. The van der Waals surface area contributed by atoms with Crippen LogP contribution in [-0.2, 0) is 25.2 Å². The first-order chi connectivity index (χ1) is 14.4. The zero-order chi connectivity index (χ0) is 23.4. The number of methoxy groups -OCH3 is 2. The SMILES string of the molecule is COC(=O)C1=C(C(=O)OC)N(c2cc(C(F)(F)F)ccc2OCC(F)(F)F)C=CC=C1. The zero-order valence-electron chi connectivity index (χ0n) is 16.0. The van der Waals surface area contributed by atoms with Crippen molar-refractivity contribution in [2.75, 3.05) is 25.7 Å². The second-order valence-corrected chi connectivity index (χ2v) is 5.90. The van der Waals surface area contributed by atoms with Gasteiger partial charge >= 0.3 is 24.3 Å². The molecule has 0 unspecified atom stereocenters. The van der Waals surface area contributed by atoms with E-state index in [-0.39, 0.29) is 0 Å². The summed E-state index contributed by atoms with van der Waals surface area (Å²) >= 11 is 0. The smallest absolute Gasteiger partial charge is 0.422 e. The van der Waals surface area contributed by atoms with Crippen LogP contribution in [0.1, 0.15) is 5.56 Å². The highest BCUT2D eigenvalue weighted by molar-refractivity contribution is 6.05. The van der Waals surface area contributed by atoms with Crippen molar-refractivity contribution in [2.45, 2.75) is 12.4 Å². The Hall–Kier alpha value is -3.44. The highest BCUT2D eigenvalue weighted by atomic mass is 19.4. The average Bonchev–Trinajstić information content (AvgIpc) is 2.92. The molecule has 0 aliphatic carbocycles. The summed E-state index contributed by atoms with van der Waals surface area (Å²) in [4.78, 5) is 25.3. The number of benzene rings is 1. The molecule has 0 saturated heterocycles. The first-order valence-corrected chi connectivity index (χ1v) is 8.35. The van der Waals surface area contributed by atoms with Gasteiger partial charge in [-0.3, -0.25) is 0 Å². The highest BCUT2D eigenvalue weighted by Gasteiger charge is 2.35. The zero-order valence-corrected chi connectivity index (χ0v) is 16.0. The molecule has 1 aromatic carbocycles. The number of halogens is 6. The van der Waals surface area contributed by atoms with E-state index in [1.165, 1.54) is 12.2 Å². The number of allylic oxidation sites excluding steroid dienone is 2. The Morgan fingerprint density at radius 3 is 2.16 bits per heavy atom. The predicted molar refractivity (Wildman–Crippen MR) is 94.8 cm³/mol. The van der Waals surface area contributed by atoms with Crippen LogP contribution < -0.4 is 9.64 Å². The minimum absolute atomic E-state index is 0.404. The highest BCUT2D eigenvalue weighted by Crippen LogP contribution is 2.40. The van der Waals surface area contributed by atoms with Crippen molar-refractivity contribution >= 4 is 17.6 Å². The Morgan fingerprint density at radius 2 is 1.61 bits per heavy atom. The molecule has 1 aliphatic rings. The Bertz CT molecular complexity index is 946. The number of carbonyl (C=O) groups is 2. The van der Waals surface area contributed by atoms with Crippen molar-refractivity contribution in [3.8, 4) is 5.75 Å². The lowest BCUT2D eigenvalue weighted by Crippen LogP contribution is -2.28. The fourth-order valence-electron chi connectivity index (χ4n) is 2.51. The monoisotopic (exact) mass is 451 g/mol. The summed E-state index contributed by atoms with van der Waals surface area (Å²) in [6.45, 7) is -1.80. The topological polar surface area (TPSA) is 65.1 Å². The minimum atomic E-state index is -4.86. The summed E-state index contributed by atoms with van der Waals surface area (Å²) in [5, 5.41) is 0.